The SMILES string of the molecule is CCNC(=NCc1nc(C(F)(F)F)cs1)NCC1(SC)CCOCC1. The van der Waals surface area contributed by atoms with Crippen molar-refractivity contribution in [3.63, 3.8) is 0 Å². The normalized spacial score (nSPS) is 18.2. The van der Waals surface area contributed by atoms with E-state index in [1.54, 1.807) is 0 Å². The minimum atomic E-state index is -4.41. The van der Waals surface area contributed by atoms with Crippen LogP contribution in [0.4, 0.5) is 13.2 Å². The molecular formula is C15H23F3N4OS2. The first-order valence-corrected chi connectivity index (χ1v) is 10.2. The Hall–Kier alpha value is -1.00. The average Bonchev–Trinajstić information content (AvgIpc) is 3.07. The van der Waals surface area contributed by atoms with Crippen molar-refractivity contribution in [3.8, 4) is 0 Å². The zero-order valence-corrected chi connectivity index (χ0v) is 15.9. The molecule has 1 saturated heterocycles. The van der Waals surface area contributed by atoms with Gasteiger partial charge in [-0.25, -0.2) is 9.98 Å². The second-order valence-electron chi connectivity index (χ2n) is 5.67. The summed E-state index contributed by atoms with van der Waals surface area (Å²) < 4.78 is 43.3. The van der Waals surface area contributed by atoms with Crippen molar-refractivity contribution in [2.24, 2.45) is 4.99 Å². The predicted molar refractivity (Wildman–Crippen MR) is 96.2 cm³/mol. The second kappa shape index (κ2) is 9.09. The summed E-state index contributed by atoms with van der Waals surface area (Å²) in [6.07, 6.45) is -0.399. The van der Waals surface area contributed by atoms with Crippen LogP contribution in [0.2, 0.25) is 0 Å². The van der Waals surface area contributed by atoms with Gasteiger partial charge in [0.1, 0.15) is 5.01 Å². The summed E-state index contributed by atoms with van der Waals surface area (Å²) in [6, 6.07) is 0. The van der Waals surface area contributed by atoms with Gasteiger partial charge in [-0.15, -0.1) is 11.3 Å². The van der Waals surface area contributed by atoms with Gasteiger partial charge in [-0.3, -0.25) is 0 Å². The largest absolute Gasteiger partial charge is 0.434 e. The maximum Gasteiger partial charge on any atom is 0.434 e. The number of aromatic nitrogens is 1. The molecule has 10 heteroatoms. The number of aliphatic imine (C=N–C) groups is 1. The first-order chi connectivity index (χ1) is 11.9. The molecule has 1 aliphatic heterocycles. The standard InChI is InChI=1S/C15H23F3N4OS2/c1-3-19-13(21-10-14(24-2)4-6-23-7-5-14)20-8-12-22-11(9-25-12)15(16,17)18/h9H,3-8,10H2,1-2H3,(H2,19,20,21). The van der Waals surface area contributed by atoms with Gasteiger partial charge in [-0.1, -0.05) is 0 Å². The molecule has 1 aliphatic rings. The Morgan fingerprint density at radius 1 is 1.40 bits per heavy atom. The Kier molecular flexibility index (Phi) is 7.38. The number of hydrogen-bond donors (Lipinski definition) is 2. The third-order valence-corrected chi connectivity index (χ3v) is 6.23. The predicted octanol–water partition coefficient (Wildman–Crippen LogP) is 3.13. The van der Waals surface area contributed by atoms with Crippen LogP contribution in [0.1, 0.15) is 30.5 Å². The highest BCUT2D eigenvalue weighted by molar-refractivity contribution is 8.00. The van der Waals surface area contributed by atoms with Gasteiger partial charge in [-0.2, -0.15) is 24.9 Å². The lowest BCUT2D eigenvalue weighted by Gasteiger charge is -2.36. The number of ether oxygens (including phenoxy) is 1. The highest BCUT2D eigenvalue weighted by Gasteiger charge is 2.34. The zero-order chi connectivity index (χ0) is 18.3. The fourth-order valence-electron chi connectivity index (χ4n) is 2.44. The van der Waals surface area contributed by atoms with Crippen molar-refractivity contribution in [1.82, 2.24) is 15.6 Å². The second-order valence-corrected chi connectivity index (χ2v) is 7.89. The van der Waals surface area contributed by atoms with Crippen LogP contribution in [0.5, 0.6) is 0 Å². The topological polar surface area (TPSA) is 58.5 Å². The molecule has 0 spiro atoms. The molecule has 0 aromatic carbocycles. The summed E-state index contributed by atoms with van der Waals surface area (Å²) in [5, 5.41) is 7.80. The summed E-state index contributed by atoms with van der Waals surface area (Å²) in [5.74, 6) is 0.589. The van der Waals surface area contributed by atoms with Gasteiger partial charge < -0.3 is 15.4 Å². The van der Waals surface area contributed by atoms with Gasteiger partial charge in [0.05, 0.1) is 6.54 Å². The van der Waals surface area contributed by atoms with Crippen molar-refractivity contribution in [3.05, 3.63) is 16.1 Å². The van der Waals surface area contributed by atoms with Crippen molar-refractivity contribution in [2.75, 3.05) is 32.6 Å². The van der Waals surface area contributed by atoms with Gasteiger partial charge >= 0.3 is 6.18 Å². The minimum absolute atomic E-state index is 0.0963. The Bertz CT molecular complexity index is 571. The molecule has 2 rings (SSSR count). The van der Waals surface area contributed by atoms with E-state index in [4.69, 9.17) is 4.74 Å². The van der Waals surface area contributed by atoms with Crippen LogP contribution in [0.25, 0.3) is 0 Å². The zero-order valence-electron chi connectivity index (χ0n) is 14.3. The Labute approximate surface area is 153 Å². The smallest absolute Gasteiger partial charge is 0.381 e. The molecule has 142 valence electrons. The Balaban J connectivity index is 1.97. The molecule has 5 nitrogen and oxygen atoms in total. The van der Waals surface area contributed by atoms with Crippen molar-refractivity contribution >= 4 is 29.1 Å². The van der Waals surface area contributed by atoms with Crippen LogP contribution in [0.3, 0.4) is 0 Å². The lowest BCUT2D eigenvalue weighted by atomic mass is 9.99. The molecule has 1 aromatic rings. The average molecular weight is 397 g/mol. The van der Waals surface area contributed by atoms with Crippen molar-refractivity contribution < 1.29 is 17.9 Å². The van der Waals surface area contributed by atoms with Crippen LogP contribution in [0.15, 0.2) is 10.4 Å². The van der Waals surface area contributed by atoms with Gasteiger partial charge in [0.25, 0.3) is 0 Å². The number of guanidine groups is 1. The van der Waals surface area contributed by atoms with Crippen molar-refractivity contribution in [1.29, 1.82) is 0 Å². The summed E-state index contributed by atoms with van der Waals surface area (Å²) in [4.78, 5) is 7.97. The van der Waals surface area contributed by atoms with E-state index >= 15 is 0 Å². The van der Waals surface area contributed by atoms with Crippen LogP contribution < -0.4 is 10.6 Å². The van der Waals surface area contributed by atoms with Crippen LogP contribution in [-0.4, -0.2) is 48.2 Å². The van der Waals surface area contributed by atoms with E-state index in [0.717, 1.165) is 49.3 Å². The van der Waals surface area contributed by atoms with Gasteiger partial charge in [0.15, 0.2) is 11.7 Å². The third kappa shape index (κ3) is 6.03. The summed E-state index contributed by atoms with van der Waals surface area (Å²) >= 11 is 2.79. The number of thiazole rings is 1. The van der Waals surface area contributed by atoms with E-state index < -0.39 is 11.9 Å². The fourth-order valence-corrected chi connectivity index (χ4v) is 3.96. The molecule has 2 N–H and O–H groups in total. The third-order valence-electron chi connectivity index (χ3n) is 3.97. The molecule has 0 atom stereocenters. The van der Waals surface area contributed by atoms with Crippen LogP contribution >= 0.6 is 23.1 Å². The van der Waals surface area contributed by atoms with E-state index in [2.05, 4.69) is 26.9 Å². The molecule has 0 unspecified atom stereocenters. The number of thioether (sulfide) groups is 1. The highest BCUT2D eigenvalue weighted by Crippen LogP contribution is 2.33. The first-order valence-electron chi connectivity index (χ1n) is 8.05. The maximum absolute atomic E-state index is 12.6. The number of rotatable bonds is 6. The fraction of sp³-hybridized carbons (Fsp3) is 0.733. The van der Waals surface area contributed by atoms with Gasteiger partial charge in [0, 0.05) is 36.4 Å². The molecule has 1 aromatic heterocycles. The van der Waals surface area contributed by atoms with Gasteiger partial charge in [0.2, 0.25) is 0 Å². The van der Waals surface area contributed by atoms with Crippen LogP contribution in [0, 0.1) is 0 Å². The lowest BCUT2D eigenvalue weighted by Crippen LogP contribution is -2.47. The van der Waals surface area contributed by atoms with Crippen molar-refractivity contribution in [2.45, 2.75) is 37.2 Å². The van der Waals surface area contributed by atoms with E-state index in [9.17, 15) is 13.2 Å². The Morgan fingerprint density at radius 3 is 2.68 bits per heavy atom. The number of nitrogens with one attached hydrogen (secondary N) is 2. The highest BCUT2D eigenvalue weighted by atomic mass is 32.2. The van der Waals surface area contributed by atoms with Gasteiger partial charge in [-0.05, 0) is 26.0 Å². The molecule has 0 aliphatic carbocycles. The number of nitrogens with zero attached hydrogens (tertiary/aromatic N) is 2. The van der Waals surface area contributed by atoms with E-state index in [-0.39, 0.29) is 11.3 Å². The summed E-state index contributed by atoms with van der Waals surface area (Å²) in [7, 11) is 0. The molecular weight excluding hydrogens is 373 g/mol. The summed E-state index contributed by atoms with van der Waals surface area (Å²) in [5.41, 5.74) is -0.857. The molecule has 0 bridgehead atoms. The van der Waals surface area contributed by atoms with E-state index in [0.29, 0.717) is 17.5 Å². The lowest BCUT2D eigenvalue weighted by molar-refractivity contribution is -0.140. The minimum Gasteiger partial charge on any atom is -0.381 e. The number of alkyl halides is 3. The van der Waals surface area contributed by atoms with E-state index in [1.165, 1.54) is 0 Å². The molecule has 25 heavy (non-hydrogen) atoms. The summed E-state index contributed by atoms with van der Waals surface area (Å²) in [6.45, 7) is 4.96. The quantitative estimate of drug-likeness (QED) is 0.572. The number of halogens is 3. The first kappa shape index (κ1) is 20.3. The maximum atomic E-state index is 12.6. The Morgan fingerprint density at radius 2 is 2.12 bits per heavy atom. The molecule has 0 saturated carbocycles. The van der Waals surface area contributed by atoms with E-state index in [1.807, 2.05) is 18.7 Å². The number of hydrogen-bond acceptors (Lipinski definition) is 5. The molecule has 2 heterocycles. The molecule has 0 amide bonds. The molecule has 0 radical (unpaired) electrons. The molecule has 1 fully saturated rings. The monoisotopic (exact) mass is 396 g/mol. The van der Waals surface area contributed by atoms with Crippen LogP contribution in [-0.2, 0) is 17.5 Å².